The van der Waals surface area contributed by atoms with Crippen LogP contribution in [0.25, 0.3) is 0 Å². The molecule has 1 atom stereocenters. The van der Waals surface area contributed by atoms with Gasteiger partial charge in [-0.25, -0.2) is 8.42 Å². The fourth-order valence-electron chi connectivity index (χ4n) is 1.10. The van der Waals surface area contributed by atoms with Gasteiger partial charge in [-0.05, 0) is 25.1 Å². The average Bonchev–Trinajstić information content (AvgIpc) is 2.14. The van der Waals surface area contributed by atoms with Gasteiger partial charge in [0.05, 0.1) is 5.02 Å². The van der Waals surface area contributed by atoms with Crippen molar-refractivity contribution in [2.24, 2.45) is 0 Å². The normalized spacial score (nSPS) is 13.5. The van der Waals surface area contributed by atoms with Crippen LogP contribution in [-0.2, 0) is 9.84 Å². The summed E-state index contributed by atoms with van der Waals surface area (Å²) in [6, 6.07) is 4.33. The molecule has 0 radical (unpaired) electrons. The minimum Gasteiger partial charge on any atom is -0.293 e. The van der Waals surface area contributed by atoms with Crippen LogP contribution in [0.4, 0.5) is 0 Å². The van der Waals surface area contributed by atoms with Crippen molar-refractivity contribution in [1.82, 2.24) is 0 Å². The summed E-state index contributed by atoms with van der Waals surface area (Å²) in [4.78, 5) is 11.8. The molecular formula is C10H10Cl2O3S. The summed E-state index contributed by atoms with van der Waals surface area (Å²) < 4.78 is 22.5. The summed E-state index contributed by atoms with van der Waals surface area (Å²) >= 11 is 11.5. The van der Waals surface area contributed by atoms with Crippen molar-refractivity contribution < 1.29 is 13.2 Å². The van der Waals surface area contributed by atoms with E-state index >= 15 is 0 Å². The zero-order valence-electron chi connectivity index (χ0n) is 8.70. The van der Waals surface area contributed by atoms with Crippen molar-refractivity contribution in [2.45, 2.75) is 12.2 Å². The third-order valence-corrected chi connectivity index (χ3v) is 4.25. The molecule has 0 aliphatic carbocycles. The second kappa shape index (κ2) is 4.73. The molecule has 1 aromatic rings. The minimum atomic E-state index is -3.42. The first kappa shape index (κ1) is 13.5. The number of Topliss-reactive ketones (excluding diaryl/α,β-unsaturated/α-hetero) is 1. The van der Waals surface area contributed by atoms with E-state index in [-0.39, 0.29) is 10.6 Å². The molecule has 0 N–H and O–H groups in total. The Labute approximate surface area is 104 Å². The van der Waals surface area contributed by atoms with Crippen LogP contribution in [0, 0.1) is 0 Å². The number of sulfone groups is 1. The molecule has 1 aromatic carbocycles. The predicted molar refractivity (Wildman–Crippen MR) is 65.1 cm³/mol. The molecule has 0 saturated carbocycles. The summed E-state index contributed by atoms with van der Waals surface area (Å²) in [5, 5.41) is -0.548. The zero-order chi connectivity index (χ0) is 12.5. The molecule has 0 aromatic heterocycles. The molecule has 0 aliphatic rings. The van der Waals surface area contributed by atoms with Crippen molar-refractivity contribution in [3.8, 4) is 0 Å². The Bertz CT molecular complexity index is 523. The predicted octanol–water partition coefficient (Wildman–Crippen LogP) is 2.61. The second-order valence-corrected chi connectivity index (χ2v) is 6.67. The van der Waals surface area contributed by atoms with Gasteiger partial charge in [-0.2, -0.15) is 0 Å². The van der Waals surface area contributed by atoms with Gasteiger partial charge in [-0.15, -0.1) is 0 Å². The Hall–Kier alpha value is -0.580. The standard InChI is InChI=1S/C10H10Cl2O3S/c1-6(16(2,14)15)10(13)8-4-3-7(11)5-9(8)12/h3-6H,1-2H3. The highest BCUT2D eigenvalue weighted by molar-refractivity contribution is 7.92. The van der Waals surface area contributed by atoms with Crippen molar-refractivity contribution in [3.63, 3.8) is 0 Å². The Morgan fingerprint density at radius 2 is 1.88 bits per heavy atom. The van der Waals surface area contributed by atoms with E-state index in [0.717, 1.165) is 6.26 Å². The highest BCUT2D eigenvalue weighted by Gasteiger charge is 2.26. The summed E-state index contributed by atoms with van der Waals surface area (Å²) in [6.07, 6.45) is 1.01. The van der Waals surface area contributed by atoms with Gasteiger partial charge < -0.3 is 0 Å². The first-order chi connectivity index (χ1) is 7.23. The molecule has 3 nitrogen and oxygen atoms in total. The van der Waals surface area contributed by atoms with Gasteiger partial charge in [0, 0.05) is 16.8 Å². The van der Waals surface area contributed by atoms with Crippen molar-refractivity contribution in [1.29, 1.82) is 0 Å². The van der Waals surface area contributed by atoms with Crippen LogP contribution >= 0.6 is 23.2 Å². The smallest absolute Gasteiger partial charge is 0.182 e. The Balaban J connectivity index is 3.16. The minimum absolute atomic E-state index is 0.160. The lowest BCUT2D eigenvalue weighted by atomic mass is 10.1. The molecule has 0 bridgehead atoms. The van der Waals surface area contributed by atoms with Crippen LogP contribution in [0.5, 0.6) is 0 Å². The summed E-state index contributed by atoms with van der Waals surface area (Å²) in [7, 11) is -3.42. The van der Waals surface area contributed by atoms with E-state index in [4.69, 9.17) is 23.2 Å². The molecule has 0 saturated heterocycles. The van der Waals surface area contributed by atoms with Crippen LogP contribution in [-0.4, -0.2) is 25.7 Å². The molecule has 1 unspecified atom stereocenters. The van der Waals surface area contributed by atoms with Crippen LogP contribution < -0.4 is 0 Å². The lowest BCUT2D eigenvalue weighted by molar-refractivity contribution is 0.0992. The monoisotopic (exact) mass is 280 g/mol. The molecule has 0 spiro atoms. The van der Waals surface area contributed by atoms with Crippen LogP contribution in [0.1, 0.15) is 17.3 Å². The lowest BCUT2D eigenvalue weighted by Gasteiger charge is -2.09. The zero-order valence-corrected chi connectivity index (χ0v) is 11.0. The molecule has 0 amide bonds. The lowest BCUT2D eigenvalue weighted by Crippen LogP contribution is -2.26. The quantitative estimate of drug-likeness (QED) is 0.800. The molecule has 16 heavy (non-hydrogen) atoms. The molecule has 88 valence electrons. The summed E-state index contributed by atoms with van der Waals surface area (Å²) in [6.45, 7) is 1.34. The Morgan fingerprint density at radius 1 is 1.31 bits per heavy atom. The fraction of sp³-hybridized carbons (Fsp3) is 0.300. The summed E-state index contributed by atoms with van der Waals surface area (Å²) in [5.41, 5.74) is 0.170. The largest absolute Gasteiger partial charge is 0.293 e. The van der Waals surface area contributed by atoms with E-state index < -0.39 is 20.9 Å². The van der Waals surface area contributed by atoms with E-state index in [2.05, 4.69) is 0 Å². The first-order valence-corrected chi connectivity index (χ1v) is 7.12. The van der Waals surface area contributed by atoms with E-state index in [1.165, 1.54) is 25.1 Å². The number of hydrogen-bond acceptors (Lipinski definition) is 3. The van der Waals surface area contributed by atoms with Crippen molar-refractivity contribution >= 4 is 38.8 Å². The van der Waals surface area contributed by atoms with Gasteiger partial charge in [0.15, 0.2) is 15.6 Å². The second-order valence-electron chi connectivity index (χ2n) is 3.46. The maximum atomic E-state index is 11.8. The Morgan fingerprint density at radius 3 is 2.31 bits per heavy atom. The number of rotatable bonds is 3. The topological polar surface area (TPSA) is 51.2 Å². The molecule has 1 rings (SSSR count). The maximum Gasteiger partial charge on any atom is 0.182 e. The van der Waals surface area contributed by atoms with E-state index in [9.17, 15) is 13.2 Å². The highest BCUT2D eigenvalue weighted by Crippen LogP contribution is 2.23. The summed E-state index contributed by atoms with van der Waals surface area (Å²) in [5.74, 6) is -0.524. The number of carbonyl (C=O) groups excluding carboxylic acids is 1. The SMILES string of the molecule is CC(C(=O)c1ccc(Cl)cc1Cl)S(C)(=O)=O. The highest BCUT2D eigenvalue weighted by atomic mass is 35.5. The van der Waals surface area contributed by atoms with Crippen LogP contribution in [0.3, 0.4) is 0 Å². The average molecular weight is 281 g/mol. The van der Waals surface area contributed by atoms with E-state index in [0.29, 0.717) is 5.02 Å². The number of benzene rings is 1. The van der Waals surface area contributed by atoms with Gasteiger partial charge in [-0.1, -0.05) is 23.2 Å². The fourth-order valence-corrected chi connectivity index (χ4v) is 2.12. The third kappa shape index (κ3) is 2.97. The Kier molecular flexibility index (Phi) is 3.99. The van der Waals surface area contributed by atoms with Gasteiger partial charge in [0.2, 0.25) is 0 Å². The number of halogens is 2. The van der Waals surface area contributed by atoms with E-state index in [1.807, 2.05) is 0 Å². The third-order valence-electron chi connectivity index (χ3n) is 2.21. The first-order valence-electron chi connectivity index (χ1n) is 4.41. The molecule has 0 aliphatic heterocycles. The molecular weight excluding hydrogens is 271 g/mol. The number of carbonyl (C=O) groups is 1. The van der Waals surface area contributed by atoms with Gasteiger partial charge >= 0.3 is 0 Å². The van der Waals surface area contributed by atoms with Crippen LogP contribution in [0.2, 0.25) is 10.0 Å². The maximum absolute atomic E-state index is 11.8. The molecule has 0 heterocycles. The number of hydrogen-bond donors (Lipinski definition) is 0. The molecule has 0 fully saturated rings. The van der Waals surface area contributed by atoms with Crippen molar-refractivity contribution in [2.75, 3.05) is 6.26 Å². The van der Waals surface area contributed by atoms with Crippen LogP contribution in [0.15, 0.2) is 18.2 Å². The van der Waals surface area contributed by atoms with Crippen molar-refractivity contribution in [3.05, 3.63) is 33.8 Å². The van der Waals surface area contributed by atoms with Gasteiger partial charge in [-0.3, -0.25) is 4.79 Å². The molecule has 6 heteroatoms. The van der Waals surface area contributed by atoms with Gasteiger partial charge in [0.25, 0.3) is 0 Å². The number of ketones is 1. The van der Waals surface area contributed by atoms with E-state index in [1.54, 1.807) is 0 Å². The van der Waals surface area contributed by atoms with Gasteiger partial charge in [0.1, 0.15) is 5.25 Å².